The molecule has 6 heteroatoms. The van der Waals surface area contributed by atoms with Crippen molar-refractivity contribution in [2.24, 2.45) is 0 Å². The molecule has 0 aliphatic rings. The van der Waals surface area contributed by atoms with Crippen LogP contribution in [0.25, 0.3) is 10.9 Å². The quantitative estimate of drug-likeness (QED) is 0.498. The van der Waals surface area contributed by atoms with Gasteiger partial charge in [-0.1, -0.05) is 6.07 Å². The fourth-order valence-corrected chi connectivity index (χ4v) is 2.11. The fraction of sp³-hybridized carbons (Fsp3) is 0.357. The molecular weight excluding hydrogens is 256 g/mol. The van der Waals surface area contributed by atoms with Gasteiger partial charge in [-0.25, -0.2) is 0 Å². The molecule has 0 amide bonds. The zero-order valence-electron chi connectivity index (χ0n) is 11.7. The van der Waals surface area contributed by atoms with Crippen LogP contribution in [0.5, 0.6) is 0 Å². The predicted octanol–water partition coefficient (Wildman–Crippen LogP) is 2.51. The van der Waals surface area contributed by atoms with E-state index in [4.69, 9.17) is 0 Å². The molecule has 2 aromatic rings. The smallest absolute Gasteiger partial charge is 0.280 e. The number of nitrogens with one attached hydrogen (secondary N) is 1. The van der Waals surface area contributed by atoms with E-state index >= 15 is 0 Å². The second-order valence-electron chi connectivity index (χ2n) is 4.87. The van der Waals surface area contributed by atoms with Crippen molar-refractivity contribution in [2.75, 3.05) is 32.5 Å². The summed E-state index contributed by atoms with van der Waals surface area (Å²) in [4.78, 5) is 17.1. The van der Waals surface area contributed by atoms with Crippen LogP contribution in [0, 0.1) is 10.1 Å². The van der Waals surface area contributed by atoms with Crippen LogP contribution < -0.4 is 5.32 Å². The SMILES string of the molecule is CN(C)CCCNc1ccnc2cccc([N+](=O)[O-])c12. The summed E-state index contributed by atoms with van der Waals surface area (Å²) in [6.07, 6.45) is 2.64. The summed E-state index contributed by atoms with van der Waals surface area (Å²) >= 11 is 0. The molecule has 0 aliphatic heterocycles. The average Bonchev–Trinajstić information content (AvgIpc) is 2.42. The summed E-state index contributed by atoms with van der Waals surface area (Å²) in [5.74, 6) is 0. The van der Waals surface area contributed by atoms with Crippen LogP contribution in [-0.2, 0) is 0 Å². The first-order valence-electron chi connectivity index (χ1n) is 6.50. The molecular formula is C14H18N4O2. The van der Waals surface area contributed by atoms with Gasteiger partial charge in [0.1, 0.15) is 5.39 Å². The molecule has 2 rings (SSSR count). The third-order valence-corrected chi connectivity index (χ3v) is 3.04. The van der Waals surface area contributed by atoms with Crippen LogP contribution in [0.1, 0.15) is 6.42 Å². The fourth-order valence-electron chi connectivity index (χ4n) is 2.11. The van der Waals surface area contributed by atoms with E-state index in [1.807, 2.05) is 14.1 Å². The van der Waals surface area contributed by atoms with E-state index in [9.17, 15) is 10.1 Å². The number of nitro benzene ring substituents is 1. The van der Waals surface area contributed by atoms with E-state index in [-0.39, 0.29) is 10.6 Å². The third kappa shape index (κ3) is 3.21. The molecule has 0 atom stereocenters. The number of fused-ring (bicyclic) bond motifs is 1. The summed E-state index contributed by atoms with van der Waals surface area (Å²) < 4.78 is 0. The lowest BCUT2D eigenvalue weighted by Crippen LogP contribution is -2.16. The Hall–Kier alpha value is -2.21. The molecule has 6 nitrogen and oxygen atoms in total. The minimum absolute atomic E-state index is 0.0886. The van der Waals surface area contributed by atoms with E-state index in [2.05, 4.69) is 15.2 Å². The van der Waals surface area contributed by atoms with Gasteiger partial charge < -0.3 is 10.2 Å². The van der Waals surface area contributed by atoms with Gasteiger partial charge in [-0.3, -0.25) is 15.1 Å². The minimum Gasteiger partial charge on any atom is -0.384 e. The van der Waals surface area contributed by atoms with Gasteiger partial charge in [-0.05, 0) is 39.2 Å². The first-order chi connectivity index (χ1) is 9.59. The van der Waals surface area contributed by atoms with Gasteiger partial charge in [-0.2, -0.15) is 0 Å². The maximum atomic E-state index is 11.1. The molecule has 0 saturated carbocycles. The molecule has 1 aromatic carbocycles. The molecule has 1 aromatic heterocycles. The standard InChI is InChI=1S/C14H18N4O2/c1-17(2)10-4-8-15-12-7-9-16-11-5-3-6-13(14(11)12)18(19)20/h3,5-7,9H,4,8,10H2,1-2H3,(H,15,16). The highest BCUT2D eigenvalue weighted by Gasteiger charge is 2.15. The molecule has 0 aliphatic carbocycles. The number of hydrogen-bond acceptors (Lipinski definition) is 5. The highest BCUT2D eigenvalue weighted by molar-refractivity contribution is 5.98. The third-order valence-electron chi connectivity index (χ3n) is 3.04. The number of anilines is 1. The monoisotopic (exact) mass is 274 g/mol. The van der Waals surface area contributed by atoms with Gasteiger partial charge in [0.05, 0.1) is 16.1 Å². The molecule has 106 valence electrons. The van der Waals surface area contributed by atoms with Crippen molar-refractivity contribution in [1.82, 2.24) is 9.88 Å². The Kier molecular flexibility index (Phi) is 4.47. The Morgan fingerprint density at radius 1 is 1.35 bits per heavy atom. The number of nitro groups is 1. The summed E-state index contributed by atoms with van der Waals surface area (Å²) in [5.41, 5.74) is 1.49. The summed E-state index contributed by atoms with van der Waals surface area (Å²) in [7, 11) is 4.04. The van der Waals surface area contributed by atoms with Crippen LogP contribution in [-0.4, -0.2) is 42.0 Å². The zero-order chi connectivity index (χ0) is 14.5. The van der Waals surface area contributed by atoms with Crippen molar-refractivity contribution in [2.45, 2.75) is 6.42 Å². The average molecular weight is 274 g/mol. The maximum Gasteiger partial charge on any atom is 0.280 e. The van der Waals surface area contributed by atoms with E-state index in [0.717, 1.165) is 25.2 Å². The Bertz CT molecular complexity index is 608. The number of rotatable bonds is 6. The summed E-state index contributed by atoms with van der Waals surface area (Å²) in [5, 5.41) is 15.0. The Balaban J connectivity index is 2.26. The lowest BCUT2D eigenvalue weighted by atomic mass is 10.1. The molecule has 1 N–H and O–H groups in total. The molecule has 0 unspecified atom stereocenters. The number of hydrogen-bond donors (Lipinski definition) is 1. The van der Waals surface area contributed by atoms with Gasteiger partial charge in [0, 0.05) is 18.8 Å². The Morgan fingerprint density at radius 2 is 2.15 bits per heavy atom. The molecule has 0 saturated heterocycles. The predicted molar refractivity (Wildman–Crippen MR) is 80.1 cm³/mol. The van der Waals surface area contributed by atoms with E-state index in [1.54, 1.807) is 24.4 Å². The van der Waals surface area contributed by atoms with Crippen molar-refractivity contribution in [1.29, 1.82) is 0 Å². The van der Waals surface area contributed by atoms with Crippen LogP contribution >= 0.6 is 0 Å². The van der Waals surface area contributed by atoms with E-state index in [1.165, 1.54) is 6.07 Å². The lowest BCUT2D eigenvalue weighted by molar-refractivity contribution is -0.383. The highest BCUT2D eigenvalue weighted by atomic mass is 16.6. The van der Waals surface area contributed by atoms with Crippen LogP contribution in [0.2, 0.25) is 0 Å². The highest BCUT2D eigenvalue weighted by Crippen LogP contribution is 2.30. The van der Waals surface area contributed by atoms with Crippen LogP contribution in [0.15, 0.2) is 30.5 Å². The second-order valence-corrected chi connectivity index (χ2v) is 4.87. The van der Waals surface area contributed by atoms with Crippen molar-refractivity contribution in [3.63, 3.8) is 0 Å². The summed E-state index contributed by atoms with van der Waals surface area (Å²) in [6.45, 7) is 1.74. The minimum atomic E-state index is -0.366. The van der Waals surface area contributed by atoms with Gasteiger partial charge in [0.15, 0.2) is 0 Å². The number of nitrogens with zero attached hydrogens (tertiary/aromatic N) is 3. The van der Waals surface area contributed by atoms with Crippen LogP contribution in [0.3, 0.4) is 0 Å². The van der Waals surface area contributed by atoms with Crippen LogP contribution in [0.4, 0.5) is 11.4 Å². The van der Waals surface area contributed by atoms with Crippen molar-refractivity contribution < 1.29 is 4.92 Å². The molecule has 20 heavy (non-hydrogen) atoms. The molecule has 0 radical (unpaired) electrons. The number of non-ortho nitro benzene ring substituents is 1. The number of pyridine rings is 1. The molecule has 1 heterocycles. The first-order valence-corrected chi connectivity index (χ1v) is 6.50. The second kappa shape index (κ2) is 6.29. The van der Waals surface area contributed by atoms with Gasteiger partial charge in [0.2, 0.25) is 0 Å². The number of aromatic nitrogens is 1. The number of benzene rings is 1. The summed E-state index contributed by atoms with van der Waals surface area (Å²) in [6, 6.07) is 6.73. The van der Waals surface area contributed by atoms with Crippen molar-refractivity contribution in [3.05, 3.63) is 40.6 Å². The lowest BCUT2D eigenvalue weighted by Gasteiger charge is -2.12. The molecule has 0 spiro atoms. The van der Waals surface area contributed by atoms with E-state index < -0.39 is 0 Å². The van der Waals surface area contributed by atoms with Crippen molar-refractivity contribution in [3.8, 4) is 0 Å². The zero-order valence-corrected chi connectivity index (χ0v) is 11.7. The largest absolute Gasteiger partial charge is 0.384 e. The first kappa shape index (κ1) is 14.2. The Morgan fingerprint density at radius 3 is 2.85 bits per heavy atom. The van der Waals surface area contributed by atoms with E-state index in [0.29, 0.717) is 10.9 Å². The Labute approximate surface area is 117 Å². The normalized spacial score (nSPS) is 10.9. The van der Waals surface area contributed by atoms with Gasteiger partial charge >= 0.3 is 0 Å². The maximum absolute atomic E-state index is 11.1. The van der Waals surface area contributed by atoms with Gasteiger partial charge in [-0.15, -0.1) is 0 Å². The van der Waals surface area contributed by atoms with Crippen molar-refractivity contribution >= 4 is 22.3 Å². The topological polar surface area (TPSA) is 71.3 Å². The van der Waals surface area contributed by atoms with Gasteiger partial charge in [0.25, 0.3) is 5.69 Å². The molecule has 0 bridgehead atoms. The molecule has 0 fully saturated rings.